The maximum absolute atomic E-state index is 15.0. The third-order valence-corrected chi connectivity index (χ3v) is 6.00. The maximum atomic E-state index is 15.0. The molecule has 0 heterocycles. The Kier molecular flexibility index (Phi) is 10.0. The van der Waals surface area contributed by atoms with Gasteiger partial charge < -0.3 is 0 Å². The molecule has 0 spiro atoms. The SMILES string of the molecule is CCCCCCc1ccc(C#Cc2c(F)cc(C#Cc3ccc(CCC)cc3)cc2CC)cc1. The molecule has 0 amide bonds. The van der Waals surface area contributed by atoms with Crippen LogP contribution in [0, 0.1) is 29.5 Å². The van der Waals surface area contributed by atoms with Gasteiger partial charge in [0.1, 0.15) is 5.82 Å². The Morgan fingerprint density at radius 1 is 0.588 bits per heavy atom. The highest BCUT2D eigenvalue weighted by molar-refractivity contribution is 5.52. The summed E-state index contributed by atoms with van der Waals surface area (Å²) >= 11 is 0. The first-order valence-electron chi connectivity index (χ1n) is 12.7. The molecule has 0 N–H and O–H groups in total. The highest BCUT2D eigenvalue weighted by Crippen LogP contribution is 2.17. The molecular formula is C33H35F. The summed E-state index contributed by atoms with van der Waals surface area (Å²) in [6.07, 6.45) is 9.07. The molecule has 0 unspecified atom stereocenters. The first-order valence-corrected chi connectivity index (χ1v) is 12.7. The zero-order valence-electron chi connectivity index (χ0n) is 20.8. The molecule has 0 radical (unpaired) electrons. The van der Waals surface area contributed by atoms with Gasteiger partial charge >= 0.3 is 0 Å². The molecule has 1 heteroatoms. The van der Waals surface area contributed by atoms with Gasteiger partial charge in [-0.2, -0.15) is 0 Å². The second-order valence-electron chi connectivity index (χ2n) is 8.80. The third-order valence-electron chi connectivity index (χ3n) is 6.00. The topological polar surface area (TPSA) is 0 Å². The first kappa shape index (κ1) is 25.3. The second-order valence-corrected chi connectivity index (χ2v) is 8.80. The summed E-state index contributed by atoms with van der Waals surface area (Å²) < 4.78 is 15.0. The molecular weight excluding hydrogens is 415 g/mol. The van der Waals surface area contributed by atoms with Crippen molar-refractivity contribution in [3.8, 4) is 23.7 Å². The Labute approximate surface area is 205 Å². The van der Waals surface area contributed by atoms with Crippen LogP contribution in [0.2, 0.25) is 0 Å². The van der Waals surface area contributed by atoms with Crippen LogP contribution >= 0.6 is 0 Å². The van der Waals surface area contributed by atoms with Crippen molar-refractivity contribution < 1.29 is 4.39 Å². The molecule has 0 saturated carbocycles. The van der Waals surface area contributed by atoms with E-state index in [2.05, 4.69) is 61.8 Å². The van der Waals surface area contributed by atoms with Crippen molar-refractivity contribution in [3.63, 3.8) is 0 Å². The molecule has 34 heavy (non-hydrogen) atoms. The van der Waals surface area contributed by atoms with Gasteiger partial charge in [0.05, 0.1) is 5.56 Å². The van der Waals surface area contributed by atoms with Crippen LogP contribution in [0.5, 0.6) is 0 Å². The lowest BCUT2D eigenvalue weighted by Gasteiger charge is -2.05. The number of unbranched alkanes of at least 4 members (excludes halogenated alkanes) is 3. The highest BCUT2D eigenvalue weighted by Gasteiger charge is 2.07. The first-order chi connectivity index (χ1) is 16.6. The van der Waals surface area contributed by atoms with E-state index in [-0.39, 0.29) is 5.82 Å². The van der Waals surface area contributed by atoms with Gasteiger partial charge in [-0.1, -0.05) is 94.4 Å². The quantitative estimate of drug-likeness (QED) is 0.239. The molecule has 0 aliphatic rings. The summed E-state index contributed by atoms with van der Waals surface area (Å²) in [5.74, 6) is 12.2. The van der Waals surface area contributed by atoms with Gasteiger partial charge in [0.15, 0.2) is 0 Å². The predicted octanol–water partition coefficient (Wildman–Crippen LogP) is 8.26. The normalized spacial score (nSPS) is 10.2. The molecule has 0 saturated heterocycles. The Morgan fingerprint density at radius 2 is 1.18 bits per heavy atom. The van der Waals surface area contributed by atoms with E-state index in [4.69, 9.17) is 0 Å². The van der Waals surface area contributed by atoms with E-state index in [0.29, 0.717) is 17.5 Å². The monoisotopic (exact) mass is 450 g/mol. The maximum Gasteiger partial charge on any atom is 0.140 e. The van der Waals surface area contributed by atoms with Crippen LogP contribution in [0.25, 0.3) is 0 Å². The van der Waals surface area contributed by atoms with E-state index in [1.807, 2.05) is 37.3 Å². The number of halogens is 1. The minimum absolute atomic E-state index is 0.304. The largest absolute Gasteiger partial charge is 0.206 e. The van der Waals surface area contributed by atoms with Crippen molar-refractivity contribution in [2.45, 2.75) is 72.1 Å². The molecule has 3 rings (SSSR count). The van der Waals surface area contributed by atoms with Gasteiger partial charge in [0, 0.05) is 16.7 Å². The van der Waals surface area contributed by atoms with Crippen LogP contribution < -0.4 is 0 Å². The minimum Gasteiger partial charge on any atom is -0.206 e. The van der Waals surface area contributed by atoms with Gasteiger partial charge in [-0.05, 0) is 78.8 Å². The predicted molar refractivity (Wildman–Crippen MR) is 142 cm³/mol. The van der Waals surface area contributed by atoms with Crippen LogP contribution in [0.4, 0.5) is 4.39 Å². The van der Waals surface area contributed by atoms with Crippen molar-refractivity contribution in [1.29, 1.82) is 0 Å². The summed E-state index contributed by atoms with van der Waals surface area (Å²) in [6.45, 7) is 6.43. The minimum atomic E-state index is -0.304. The summed E-state index contributed by atoms with van der Waals surface area (Å²) in [6, 6.07) is 20.1. The van der Waals surface area contributed by atoms with E-state index in [9.17, 15) is 4.39 Å². The van der Waals surface area contributed by atoms with E-state index in [1.54, 1.807) is 0 Å². The fourth-order valence-electron chi connectivity index (χ4n) is 3.99. The number of aryl methyl sites for hydroxylation is 3. The number of rotatable bonds is 8. The van der Waals surface area contributed by atoms with Crippen LogP contribution in [-0.2, 0) is 19.3 Å². The van der Waals surface area contributed by atoms with Crippen LogP contribution in [0.1, 0.15) is 91.8 Å². The Bertz CT molecular complexity index is 1180. The molecule has 0 aliphatic carbocycles. The lowest BCUT2D eigenvalue weighted by Crippen LogP contribution is -1.95. The Hall–Kier alpha value is -3.29. The third kappa shape index (κ3) is 7.64. The zero-order chi connectivity index (χ0) is 24.2. The molecule has 3 aromatic rings. The number of benzene rings is 3. The van der Waals surface area contributed by atoms with E-state index >= 15 is 0 Å². The fraction of sp³-hybridized carbons (Fsp3) is 0.333. The summed E-state index contributed by atoms with van der Waals surface area (Å²) in [4.78, 5) is 0. The molecule has 0 fully saturated rings. The average Bonchev–Trinajstić information content (AvgIpc) is 2.86. The summed E-state index contributed by atoms with van der Waals surface area (Å²) in [5, 5.41) is 0. The van der Waals surface area contributed by atoms with Gasteiger partial charge in [0.25, 0.3) is 0 Å². The van der Waals surface area contributed by atoms with E-state index < -0.39 is 0 Å². The van der Waals surface area contributed by atoms with Crippen molar-refractivity contribution >= 4 is 0 Å². The molecule has 174 valence electrons. The van der Waals surface area contributed by atoms with Gasteiger partial charge in [0.2, 0.25) is 0 Å². The Morgan fingerprint density at radius 3 is 1.76 bits per heavy atom. The molecule has 0 bridgehead atoms. The van der Waals surface area contributed by atoms with Gasteiger partial charge in [-0.15, -0.1) is 0 Å². The smallest absolute Gasteiger partial charge is 0.140 e. The standard InChI is InChI=1S/C33H35F/c1-4-7-8-9-11-27-14-18-29(19-15-27)22-23-32-31(6-3)24-30(25-33(32)34)21-20-28-16-12-26(10-5-2)13-17-28/h12-19,24-25H,4-11H2,1-3H3. The van der Waals surface area contributed by atoms with Gasteiger partial charge in [-0.3, -0.25) is 0 Å². The molecule has 0 nitrogen and oxygen atoms in total. The van der Waals surface area contributed by atoms with Crippen LogP contribution in [0.3, 0.4) is 0 Å². The lowest BCUT2D eigenvalue weighted by atomic mass is 10.0. The average molecular weight is 451 g/mol. The lowest BCUT2D eigenvalue weighted by molar-refractivity contribution is 0.621. The van der Waals surface area contributed by atoms with Crippen LogP contribution in [0.15, 0.2) is 60.7 Å². The van der Waals surface area contributed by atoms with Crippen molar-refractivity contribution in [2.75, 3.05) is 0 Å². The summed E-state index contributed by atoms with van der Waals surface area (Å²) in [5.41, 5.74) is 6.56. The fourth-order valence-corrected chi connectivity index (χ4v) is 3.99. The second kappa shape index (κ2) is 13.4. The highest BCUT2D eigenvalue weighted by atomic mass is 19.1. The van der Waals surface area contributed by atoms with Crippen molar-refractivity contribution in [1.82, 2.24) is 0 Å². The van der Waals surface area contributed by atoms with Crippen molar-refractivity contribution in [3.05, 3.63) is 105 Å². The zero-order valence-corrected chi connectivity index (χ0v) is 20.8. The van der Waals surface area contributed by atoms with Gasteiger partial charge in [-0.25, -0.2) is 4.39 Å². The molecule has 0 aromatic heterocycles. The van der Waals surface area contributed by atoms with Crippen LogP contribution in [-0.4, -0.2) is 0 Å². The Balaban J connectivity index is 1.73. The number of hydrogen-bond acceptors (Lipinski definition) is 0. The molecule has 0 atom stereocenters. The van der Waals surface area contributed by atoms with E-state index in [1.165, 1.54) is 42.9 Å². The molecule has 0 aliphatic heterocycles. The van der Waals surface area contributed by atoms with E-state index in [0.717, 1.165) is 36.0 Å². The van der Waals surface area contributed by atoms with Crippen molar-refractivity contribution in [2.24, 2.45) is 0 Å². The number of hydrogen-bond donors (Lipinski definition) is 0. The summed E-state index contributed by atoms with van der Waals surface area (Å²) in [7, 11) is 0. The molecule has 3 aromatic carbocycles.